The van der Waals surface area contributed by atoms with Crippen LogP contribution < -0.4 is 5.73 Å². The second kappa shape index (κ2) is 7.58. The molecule has 1 saturated heterocycles. The van der Waals surface area contributed by atoms with E-state index in [1.54, 1.807) is 18.2 Å². The van der Waals surface area contributed by atoms with E-state index >= 15 is 0 Å². The first kappa shape index (κ1) is 18.4. The molecule has 4 rings (SSSR count). The summed E-state index contributed by atoms with van der Waals surface area (Å²) >= 11 is 0. The summed E-state index contributed by atoms with van der Waals surface area (Å²) in [6, 6.07) is 7.01. The molecule has 28 heavy (non-hydrogen) atoms. The Balaban J connectivity index is 1.59. The van der Waals surface area contributed by atoms with Crippen molar-refractivity contribution >= 4 is 17.8 Å². The number of benzene rings is 1. The van der Waals surface area contributed by atoms with E-state index in [4.69, 9.17) is 5.73 Å². The number of hydrogen-bond donors (Lipinski definition) is 2. The Morgan fingerprint density at radius 1 is 1.14 bits per heavy atom. The first-order valence-electron chi connectivity index (χ1n) is 9.80. The van der Waals surface area contributed by atoms with Crippen LogP contribution in [-0.2, 0) is 12.8 Å². The maximum absolute atomic E-state index is 13.3. The van der Waals surface area contributed by atoms with Crippen LogP contribution in [0.5, 0.6) is 0 Å². The molecule has 0 spiro atoms. The lowest BCUT2D eigenvalue weighted by Gasteiger charge is -2.33. The van der Waals surface area contributed by atoms with E-state index in [1.807, 2.05) is 11.0 Å². The lowest BCUT2D eigenvalue weighted by atomic mass is 9.89. The number of carboxylic acid groups (broad SMARTS) is 1. The molecule has 1 aliphatic heterocycles. The molecule has 1 aliphatic carbocycles. The van der Waals surface area contributed by atoms with Gasteiger partial charge in [0.05, 0.1) is 5.56 Å². The zero-order chi connectivity index (χ0) is 19.7. The summed E-state index contributed by atoms with van der Waals surface area (Å²) in [5.74, 6) is -0.751. The van der Waals surface area contributed by atoms with Gasteiger partial charge in [0.25, 0.3) is 5.91 Å². The average Bonchev–Trinajstić information content (AvgIpc) is 2.72. The Kier molecular flexibility index (Phi) is 4.98. The number of anilines is 1. The molecule has 7 nitrogen and oxygen atoms in total. The van der Waals surface area contributed by atoms with E-state index < -0.39 is 5.97 Å². The first-order valence-corrected chi connectivity index (χ1v) is 9.80. The van der Waals surface area contributed by atoms with Crippen LogP contribution in [0, 0.1) is 0 Å². The largest absolute Gasteiger partial charge is 0.478 e. The van der Waals surface area contributed by atoms with Crippen molar-refractivity contribution in [3.8, 4) is 0 Å². The van der Waals surface area contributed by atoms with Gasteiger partial charge in [-0.3, -0.25) is 4.79 Å². The lowest BCUT2D eigenvalue weighted by molar-refractivity contribution is 0.0685. The molecular formula is C21H24N4O3. The normalized spacial score (nSPS) is 19.1. The van der Waals surface area contributed by atoms with E-state index in [1.165, 1.54) is 0 Å². The number of carbonyl (C=O) groups excluding carboxylic acids is 1. The molecule has 7 heteroatoms. The highest BCUT2D eigenvalue weighted by atomic mass is 16.4. The molecule has 2 aliphatic rings. The number of piperidine rings is 1. The molecule has 0 radical (unpaired) electrons. The predicted octanol–water partition coefficient (Wildman–Crippen LogP) is 2.66. The third-order valence-electron chi connectivity index (χ3n) is 5.72. The number of nitrogens with zero attached hydrogens (tertiary/aromatic N) is 3. The van der Waals surface area contributed by atoms with Crippen LogP contribution in [-0.4, -0.2) is 44.9 Å². The molecule has 0 saturated carbocycles. The minimum Gasteiger partial charge on any atom is -0.478 e. The number of fused-ring (bicyclic) bond motifs is 1. The Labute approximate surface area is 163 Å². The molecular weight excluding hydrogens is 356 g/mol. The number of likely N-dealkylation sites (tertiary alicyclic amines) is 1. The van der Waals surface area contributed by atoms with Crippen LogP contribution in [0.15, 0.2) is 24.3 Å². The van der Waals surface area contributed by atoms with E-state index in [0.717, 1.165) is 55.3 Å². The van der Waals surface area contributed by atoms with Gasteiger partial charge in [-0.1, -0.05) is 12.1 Å². The molecule has 0 bridgehead atoms. The number of aryl methyl sites for hydroxylation is 1. The average molecular weight is 380 g/mol. The Bertz CT molecular complexity index is 928. The predicted molar refractivity (Wildman–Crippen MR) is 104 cm³/mol. The molecule has 3 N–H and O–H groups in total. The minimum atomic E-state index is -0.936. The van der Waals surface area contributed by atoms with Crippen molar-refractivity contribution < 1.29 is 14.7 Å². The second-order valence-electron chi connectivity index (χ2n) is 7.58. The number of nitrogens with two attached hydrogens (primary N) is 1. The molecule has 1 atom stereocenters. The van der Waals surface area contributed by atoms with Crippen LogP contribution in [0.1, 0.15) is 69.3 Å². The fourth-order valence-electron chi connectivity index (χ4n) is 4.30. The molecule has 2 heterocycles. The van der Waals surface area contributed by atoms with Gasteiger partial charge in [-0.15, -0.1) is 0 Å². The van der Waals surface area contributed by atoms with Crippen molar-refractivity contribution in [3.63, 3.8) is 0 Å². The summed E-state index contributed by atoms with van der Waals surface area (Å²) in [6.45, 7) is 1.23. The highest BCUT2D eigenvalue weighted by Gasteiger charge is 2.30. The molecule has 1 aromatic carbocycles. The molecule has 1 aromatic heterocycles. The number of nitrogen functional groups attached to an aromatic ring is 1. The van der Waals surface area contributed by atoms with Gasteiger partial charge in [0.2, 0.25) is 5.95 Å². The van der Waals surface area contributed by atoms with Crippen molar-refractivity contribution in [2.75, 3.05) is 18.8 Å². The fraction of sp³-hybridized carbons (Fsp3) is 0.429. The Morgan fingerprint density at radius 3 is 2.79 bits per heavy atom. The van der Waals surface area contributed by atoms with Crippen LogP contribution in [0.4, 0.5) is 5.95 Å². The highest BCUT2D eigenvalue weighted by Crippen LogP contribution is 2.30. The van der Waals surface area contributed by atoms with Gasteiger partial charge >= 0.3 is 5.97 Å². The SMILES string of the molecule is Nc1nc2c(c(C(=O)N3CCC[C@@H](c4cccc(C(=O)O)c4)C3)n1)CCCC2. The van der Waals surface area contributed by atoms with Crippen molar-refractivity contribution in [1.82, 2.24) is 14.9 Å². The Morgan fingerprint density at radius 2 is 1.96 bits per heavy atom. The molecule has 1 fully saturated rings. The quantitative estimate of drug-likeness (QED) is 0.847. The number of rotatable bonds is 3. The number of aromatic nitrogens is 2. The van der Waals surface area contributed by atoms with Crippen molar-refractivity contribution in [3.05, 3.63) is 52.3 Å². The summed E-state index contributed by atoms with van der Waals surface area (Å²) in [5, 5.41) is 9.24. The van der Waals surface area contributed by atoms with Gasteiger partial charge in [0.15, 0.2) is 0 Å². The van der Waals surface area contributed by atoms with Crippen LogP contribution in [0.25, 0.3) is 0 Å². The van der Waals surface area contributed by atoms with Gasteiger partial charge in [-0.05, 0) is 56.2 Å². The van der Waals surface area contributed by atoms with Gasteiger partial charge in [0, 0.05) is 30.3 Å². The number of carboxylic acids is 1. The van der Waals surface area contributed by atoms with Crippen LogP contribution in [0.3, 0.4) is 0 Å². The fourth-order valence-corrected chi connectivity index (χ4v) is 4.30. The summed E-state index contributed by atoms with van der Waals surface area (Å²) in [5.41, 5.74) is 9.40. The number of carbonyl (C=O) groups is 2. The summed E-state index contributed by atoms with van der Waals surface area (Å²) in [7, 11) is 0. The Hall–Kier alpha value is -2.96. The van der Waals surface area contributed by atoms with Crippen molar-refractivity contribution in [2.45, 2.75) is 44.4 Å². The van der Waals surface area contributed by atoms with E-state index in [-0.39, 0.29) is 23.3 Å². The van der Waals surface area contributed by atoms with Gasteiger partial charge in [-0.25, -0.2) is 14.8 Å². The molecule has 2 aromatic rings. The third kappa shape index (κ3) is 3.56. The van der Waals surface area contributed by atoms with Crippen LogP contribution >= 0.6 is 0 Å². The van der Waals surface area contributed by atoms with Gasteiger partial charge in [-0.2, -0.15) is 0 Å². The summed E-state index contributed by atoms with van der Waals surface area (Å²) in [4.78, 5) is 35.0. The smallest absolute Gasteiger partial charge is 0.335 e. The number of hydrogen-bond acceptors (Lipinski definition) is 5. The van der Waals surface area contributed by atoms with Crippen molar-refractivity contribution in [1.29, 1.82) is 0 Å². The second-order valence-corrected chi connectivity index (χ2v) is 7.58. The minimum absolute atomic E-state index is 0.0914. The third-order valence-corrected chi connectivity index (χ3v) is 5.72. The van der Waals surface area contributed by atoms with Gasteiger partial charge in [0.1, 0.15) is 5.69 Å². The standard InChI is InChI=1S/C21H24N4O3/c22-21-23-17-9-2-1-8-16(17)18(24-21)19(26)25-10-4-7-15(12-25)13-5-3-6-14(11-13)20(27)28/h3,5-6,11,15H,1-2,4,7-10,12H2,(H,27,28)(H2,22,23,24)/t15-/m1/s1. The summed E-state index contributed by atoms with van der Waals surface area (Å²) in [6.07, 6.45) is 5.54. The van der Waals surface area contributed by atoms with Crippen LogP contribution in [0.2, 0.25) is 0 Å². The first-order chi connectivity index (χ1) is 13.5. The zero-order valence-corrected chi connectivity index (χ0v) is 15.7. The number of aromatic carboxylic acids is 1. The molecule has 1 amide bonds. The van der Waals surface area contributed by atoms with Crippen molar-refractivity contribution in [2.24, 2.45) is 0 Å². The topological polar surface area (TPSA) is 109 Å². The van der Waals surface area contributed by atoms with Gasteiger partial charge < -0.3 is 15.7 Å². The number of amides is 1. The van der Waals surface area contributed by atoms with E-state index in [9.17, 15) is 14.7 Å². The maximum atomic E-state index is 13.3. The highest BCUT2D eigenvalue weighted by molar-refractivity contribution is 5.94. The van der Waals surface area contributed by atoms with E-state index in [2.05, 4.69) is 9.97 Å². The molecule has 146 valence electrons. The zero-order valence-electron chi connectivity index (χ0n) is 15.7. The summed E-state index contributed by atoms with van der Waals surface area (Å²) < 4.78 is 0. The monoisotopic (exact) mass is 380 g/mol. The van der Waals surface area contributed by atoms with E-state index in [0.29, 0.717) is 18.8 Å². The molecule has 0 unspecified atom stereocenters. The lowest BCUT2D eigenvalue weighted by Crippen LogP contribution is -2.40. The maximum Gasteiger partial charge on any atom is 0.335 e.